The first kappa shape index (κ1) is 19.1. The molecule has 0 unspecified atom stereocenters. The monoisotopic (exact) mass is 409 g/mol. The number of imide groups is 1. The highest BCUT2D eigenvalue weighted by Crippen LogP contribution is 2.32. The lowest BCUT2D eigenvalue weighted by Gasteiger charge is -2.12. The van der Waals surface area contributed by atoms with E-state index in [9.17, 15) is 9.59 Å². The zero-order valence-electron chi connectivity index (χ0n) is 14.1. The Bertz CT molecular complexity index is 826. The number of hydrogen-bond acceptors (Lipinski definition) is 4. The Kier molecular flexibility index (Phi) is 6.12. The van der Waals surface area contributed by atoms with Crippen LogP contribution < -0.4 is 4.74 Å². The molecule has 0 N–H and O–H groups in total. The fraction of sp³-hybridized carbons (Fsp3) is 0.263. The summed E-state index contributed by atoms with van der Waals surface area (Å²) in [5, 5.41) is 0.581. The predicted molar refractivity (Wildman–Crippen MR) is 105 cm³/mol. The standard InChI is InChI=1S/C19H17Cl2NO3S/c1-2-22-18(23)17(26-19(22)24)10-13-5-8-16(15(21)9-13)25-11-12-3-6-14(20)7-4-12/h3-9,17H,2,10-11H2,1H3/t17-/m1/s1. The number of carbonyl (C=O) groups is 2. The molecule has 26 heavy (non-hydrogen) atoms. The highest BCUT2D eigenvalue weighted by Gasteiger charge is 2.38. The first-order valence-electron chi connectivity index (χ1n) is 8.15. The Balaban J connectivity index is 1.63. The van der Waals surface area contributed by atoms with Gasteiger partial charge >= 0.3 is 0 Å². The van der Waals surface area contributed by atoms with Gasteiger partial charge < -0.3 is 4.74 Å². The van der Waals surface area contributed by atoms with Crippen molar-refractivity contribution in [2.24, 2.45) is 0 Å². The van der Waals surface area contributed by atoms with Crippen LogP contribution in [0.2, 0.25) is 10.0 Å². The topological polar surface area (TPSA) is 46.6 Å². The van der Waals surface area contributed by atoms with Crippen molar-refractivity contribution in [3.05, 3.63) is 63.6 Å². The summed E-state index contributed by atoms with van der Waals surface area (Å²) in [6.07, 6.45) is 0.461. The minimum atomic E-state index is -0.389. The van der Waals surface area contributed by atoms with Crippen molar-refractivity contribution in [3.8, 4) is 5.75 Å². The van der Waals surface area contributed by atoms with Crippen LogP contribution in [0.5, 0.6) is 5.75 Å². The smallest absolute Gasteiger partial charge is 0.289 e. The normalized spacial score (nSPS) is 17.0. The van der Waals surface area contributed by atoms with Crippen LogP contribution in [0.1, 0.15) is 18.1 Å². The van der Waals surface area contributed by atoms with E-state index < -0.39 is 0 Å². The van der Waals surface area contributed by atoms with E-state index in [0.717, 1.165) is 22.9 Å². The maximum atomic E-state index is 12.2. The minimum Gasteiger partial charge on any atom is -0.487 e. The molecule has 0 spiro atoms. The number of halogens is 2. The molecule has 2 amide bonds. The van der Waals surface area contributed by atoms with E-state index in [1.54, 1.807) is 19.1 Å². The molecule has 1 atom stereocenters. The molecule has 1 aliphatic rings. The van der Waals surface area contributed by atoms with Crippen molar-refractivity contribution in [1.29, 1.82) is 0 Å². The van der Waals surface area contributed by atoms with Gasteiger partial charge in [0.15, 0.2) is 0 Å². The van der Waals surface area contributed by atoms with Gasteiger partial charge in [-0.3, -0.25) is 14.5 Å². The van der Waals surface area contributed by atoms with Gasteiger partial charge in [0, 0.05) is 11.6 Å². The van der Waals surface area contributed by atoms with Crippen LogP contribution in [0.15, 0.2) is 42.5 Å². The summed E-state index contributed by atoms with van der Waals surface area (Å²) >= 11 is 13.3. The van der Waals surface area contributed by atoms with Crippen molar-refractivity contribution >= 4 is 46.1 Å². The van der Waals surface area contributed by atoms with Gasteiger partial charge in [-0.25, -0.2) is 0 Å². The van der Waals surface area contributed by atoms with E-state index in [2.05, 4.69) is 0 Å². The largest absolute Gasteiger partial charge is 0.487 e. The third-order valence-electron chi connectivity index (χ3n) is 4.05. The van der Waals surface area contributed by atoms with Crippen molar-refractivity contribution in [1.82, 2.24) is 4.90 Å². The second-order valence-electron chi connectivity index (χ2n) is 5.84. The fourth-order valence-corrected chi connectivity index (χ4v) is 4.13. The van der Waals surface area contributed by atoms with Gasteiger partial charge in [0.25, 0.3) is 5.24 Å². The first-order chi connectivity index (χ1) is 12.5. The molecule has 2 aromatic carbocycles. The molecule has 7 heteroatoms. The number of carbonyl (C=O) groups excluding carboxylic acids is 2. The lowest BCUT2D eigenvalue weighted by atomic mass is 10.1. The van der Waals surface area contributed by atoms with Crippen LogP contribution >= 0.6 is 35.0 Å². The molecule has 1 fully saturated rings. The molecule has 4 nitrogen and oxygen atoms in total. The van der Waals surface area contributed by atoms with Crippen LogP contribution in [0, 0.1) is 0 Å². The van der Waals surface area contributed by atoms with Gasteiger partial charge in [0.1, 0.15) is 12.4 Å². The fourth-order valence-electron chi connectivity index (χ4n) is 2.66. The van der Waals surface area contributed by atoms with E-state index in [1.807, 2.05) is 30.3 Å². The lowest BCUT2D eigenvalue weighted by molar-refractivity contribution is -0.126. The summed E-state index contributed by atoms with van der Waals surface area (Å²) in [5.41, 5.74) is 1.88. The van der Waals surface area contributed by atoms with Crippen LogP contribution in [0.25, 0.3) is 0 Å². The molecule has 1 heterocycles. The zero-order valence-corrected chi connectivity index (χ0v) is 16.4. The van der Waals surface area contributed by atoms with E-state index in [0.29, 0.717) is 35.4 Å². The van der Waals surface area contributed by atoms with Gasteiger partial charge in [-0.1, -0.05) is 53.2 Å². The van der Waals surface area contributed by atoms with E-state index in [-0.39, 0.29) is 16.4 Å². The zero-order chi connectivity index (χ0) is 18.7. The lowest BCUT2D eigenvalue weighted by Crippen LogP contribution is -2.31. The molecule has 136 valence electrons. The Labute approximate surface area is 166 Å². The molecule has 0 aliphatic carbocycles. The van der Waals surface area contributed by atoms with Crippen LogP contribution in [-0.2, 0) is 17.8 Å². The first-order valence-corrected chi connectivity index (χ1v) is 9.79. The minimum absolute atomic E-state index is 0.137. The molecular formula is C19H17Cl2NO3S. The Morgan fingerprint density at radius 1 is 1.08 bits per heavy atom. The highest BCUT2D eigenvalue weighted by atomic mass is 35.5. The Morgan fingerprint density at radius 3 is 2.38 bits per heavy atom. The number of amides is 2. The summed E-state index contributed by atoms with van der Waals surface area (Å²) < 4.78 is 5.75. The molecule has 1 saturated heterocycles. The summed E-state index contributed by atoms with van der Waals surface area (Å²) in [4.78, 5) is 25.3. The summed E-state index contributed by atoms with van der Waals surface area (Å²) in [7, 11) is 0. The quantitative estimate of drug-likeness (QED) is 0.657. The maximum absolute atomic E-state index is 12.2. The van der Waals surface area contributed by atoms with Gasteiger partial charge in [-0.15, -0.1) is 0 Å². The Hall–Kier alpha value is -1.69. The summed E-state index contributed by atoms with van der Waals surface area (Å²) in [6, 6.07) is 12.8. The van der Waals surface area contributed by atoms with Gasteiger partial charge in [0.05, 0.1) is 10.3 Å². The number of rotatable bonds is 6. The second-order valence-corrected chi connectivity index (χ2v) is 7.84. The van der Waals surface area contributed by atoms with E-state index in [1.165, 1.54) is 4.90 Å². The van der Waals surface area contributed by atoms with Crippen LogP contribution in [0.4, 0.5) is 4.79 Å². The van der Waals surface area contributed by atoms with Crippen LogP contribution in [0.3, 0.4) is 0 Å². The predicted octanol–water partition coefficient (Wildman–Crippen LogP) is 5.20. The van der Waals surface area contributed by atoms with Gasteiger partial charge in [-0.2, -0.15) is 0 Å². The molecule has 3 rings (SSSR count). The molecule has 0 bridgehead atoms. The molecule has 2 aromatic rings. The van der Waals surface area contributed by atoms with Gasteiger partial charge in [-0.05, 0) is 48.7 Å². The summed E-state index contributed by atoms with van der Waals surface area (Å²) in [6.45, 7) is 2.58. The molecule has 0 saturated carbocycles. The van der Waals surface area contributed by atoms with Crippen molar-refractivity contribution in [2.75, 3.05) is 6.54 Å². The van der Waals surface area contributed by atoms with E-state index in [4.69, 9.17) is 27.9 Å². The number of hydrogen-bond donors (Lipinski definition) is 0. The number of nitrogens with zero attached hydrogens (tertiary/aromatic N) is 1. The third kappa shape index (κ3) is 4.34. The third-order valence-corrected chi connectivity index (χ3v) is 5.67. The van der Waals surface area contributed by atoms with E-state index >= 15 is 0 Å². The SMILES string of the molecule is CCN1C(=O)S[C@H](Cc2ccc(OCc3ccc(Cl)cc3)c(Cl)c2)C1=O. The summed E-state index contributed by atoms with van der Waals surface area (Å²) in [5.74, 6) is 0.434. The molecule has 0 aromatic heterocycles. The average Bonchev–Trinajstić information content (AvgIpc) is 2.88. The highest BCUT2D eigenvalue weighted by molar-refractivity contribution is 8.15. The second kappa shape index (κ2) is 8.33. The molecule has 0 radical (unpaired) electrons. The van der Waals surface area contributed by atoms with Gasteiger partial charge in [0.2, 0.25) is 5.91 Å². The molecule has 1 aliphatic heterocycles. The average molecular weight is 410 g/mol. The number of benzene rings is 2. The molecular weight excluding hydrogens is 393 g/mol. The number of thioether (sulfide) groups is 1. The van der Waals surface area contributed by atoms with Crippen molar-refractivity contribution in [3.63, 3.8) is 0 Å². The van der Waals surface area contributed by atoms with Crippen molar-refractivity contribution in [2.45, 2.75) is 25.2 Å². The Morgan fingerprint density at radius 2 is 1.77 bits per heavy atom. The maximum Gasteiger partial charge on any atom is 0.289 e. The number of ether oxygens (including phenoxy) is 1. The van der Waals surface area contributed by atoms with Crippen LogP contribution in [-0.4, -0.2) is 27.8 Å². The van der Waals surface area contributed by atoms with Crippen molar-refractivity contribution < 1.29 is 14.3 Å².